The molecule has 0 saturated heterocycles. The largest absolute Gasteiger partial charge is 0.492 e. The van der Waals surface area contributed by atoms with Gasteiger partial charge in [-0.25, -0.2) is 0 Å². The molecule has 5 heteroatoms. The third-order valence-electron chi connectivity index (χ3n) is 2.08. The van der Waals surface area contributed by atoms with E-state index in [9.17, 15) is 0 Å². The number of ether oxygens (including phenoxy) is 3. The quantitative estimate of drug-likeness (QED) is 0.575. The summed E-state index contributed by atoms with van der Waals surface area (Å²) in [6.45, 7) is 2.44. The van der Waals surface area contributed by atoms with Crippen LogP contribution in [-0.4, -0.2) is 33.5 Å². The van der Waals surface area contributed by atoms with Gasteiger partial charge in [-0.1, -0.05) is 11.6 Å². The molecule has 1 aromatic carbocycles. The first kappa shape index (κ1) is 14.1. The fourth-order valence-corrected chi connectivity index (χ4v) is 1.47. The molecule has 0 radical (unpaired) electrons. The Morgan fingerprint density at radius 2 is 2.00 bits per heavy atom. The van der Waals surface area contributed by atoms with Crippen LogP contribution in [-0.2, 0) is 9.47 Å². The molecule has 0 saturated carbocycles. The number of rotatable bonds is 8. The molecule has 0 aliphatic rings. The molecule has 17 heavy (non-hydrogen) atoms. The highest BCUT2D eigenvalue weighted by Crippen LogP contribution is 2.26. The molecule has 0 bridgehead atoms. The number of halogens is 1. The number of hydrogen-bond donors (Lipinski definition) is 1. The van der Waals surface area contributed by atoms with E-state index >= 15 is 0 Å². The number of nitrogen functional groups attached to an aromatic ring is 1. The fourth-order valence-electron chi connectivity index (χ4n) is 1.22. The van der Waals surface area contributed by atoms with Crippen LogP contribution in [0.1, 0.15) is 6.42 Å². The van der Waals surface area contributed by atoms with Crippen LogP contribution in [0.25, 0.3) is 0 Å². The van der Waals surface area contributed by atoms with Crippen LogP contribution < -0.4 is 10.5 Å². The normalized spacial score (nSPS) is 10.5. The second-order valence-electron chi connectivity index (χ2n) is 3.50. The van der Waals surface area contributed by atoms with Gasteiger partial charge < -0.3 is 19.9 Å². The van der Waals surface area contributed by atoms with Gasteiger partial charge in [0.25, 0.3) is 0 Å². The number of anilines is 1. The Labute approximate surface area is 107 Å². The second kappa shape index (κ2) is 8.17. The molecule has 96 valence electrons. The van der Waals surface area contributed by atoms with Crippen LogP contribution in [0.3, 0.4) is 0 Å². The maximum atomic E-state index is 5.96. The highest BCUT2D eigenvalue weighted by atomic mass is 35.5. The summed E-state index contributed by atoms with van der Waals surface area (Å²) in [5.74, 6) is 0.651. The van der Waals surface area contributed by atoms with E-state index < -0.39 is 0 Å². The third-order valence-corrected chi connectivity index (χ3v) is 2.37. The molecule has 0 aliphatic heterocycles. The topological polar surface area (TPSA) is 53.7 Å². The molecule has 0 fully saturated rings. The standard InChI is InChI=1S/C12H18ClNO3/c1-15-7-8-16-5-2-6-17-12-4-3-10(14)9-11(12)13/h3-4,9H,2,5-8,14H2,1H3. The maximum Gasteiger partial charge on any atom is 0.138 e. The van der Waals surface area contributed by atoms with E-state index in [1.807, 2.05) is 0 Å². The lowest BCUT2D eigenvalue weighted by atomic mass is 10.3. The molecular formula is C12H18ClNO3. The smallest absolute Gasteiger partial charge is 0.138 e. The number of hydrogen-bond acceptors (Lipinski definition) is 4. The summed E-state index contributed by atoms with van der Waals surface area (Å²) >= 11 is 5.96. The fraction of sp³-hybridized carbons (Fsp3) is 0.500. The lowest BCUT2D eigenvalue weighted by Gasteiger charge is -2.08. The number of nitrogens with two attached hydrogens (primary N) is 1. The van der Waals surface area contributed by atoms with Gasteiger partial charge in [0.2, 0.25) is 0 Å². The van der Waals surface area contributed by atoms with Crippen LogP contribution in [0.2, 0.25) is 5.02 Å². The average molecular weight is 260 g/mol. The first-order valence-electron chi connectivity index (χ1n) is 5.48. The average Bonchev–Trinajstić information content (AvgIpc) is 2.30. The van der Waals surface area contributed by atoms with Gasteiger partial charge in [0.15, 0.2) is 0 Å². The Bertz CT molecular complexity index is 334. The molecule has 4 nitrogen and oxygen atoms in total. The van der Waals surface area contributed by atoms with Crippen LogP contribution in [0.4, 0.5) is 5.69 Å². The minimum Gasteiger partial charge on any atom is -0.492 e. The van der Waals surface area contributed by atoms with Gasteiger partial charge in [-0.05, 0) is 18.2 Å². The van der Waals surface area contributed by atoms with Crippen LogP contribution >= 0.6 is 11.6 Å². The van der Waals surface area contributed by atoms with Crippen molar-refractivity contribution in [1.29, 1.82) is 0 Å². The molecule has 0 unspecified atom stereocenters. The van der Waals surface area contributed by atoms with Crippen molar-refractivity contribution >= 4 is 17.3 Å². The van der Waals surface area contributed by atoms with E-state index in [2.05, 4.69) is 0 Å². The SMILES string of the molecule is COCCOCCCOc1ccc(N)cc1Cl. The molecular weight excluding hydrogens is 242 g/mol. The summed E-state index contributed by atoms with van der Waals surface area (Å²) in [7, 11) is 1.65. The predicted molar refractivity (Wildman–Crippen MR) is 68.7 cm³/mol. The molecule has 1 aromatic rings. The first-order valence-corrected chi connectivity index (χ1v) is 5.86. The minimum atomic E-state index is 0.533. The second-order valence-corrected chi connectivity index (χ2v) is 3.90. The summed E-state index contributed by atoms with van der Waals surface area (Å²) in [5, 5.41) is 0.533. The summed E-state index contributed by atoms with van der Waals surface area (Å²) in [6.07, 6.45) is 0.810. The molecule has 0 spiro atoms. The van der Waals surface area contributed by atoms with E-state index in [0.717, 1.165) is 6.42 Å². The lowest BCUT2D eigenvalue weighted by molar-refractivity contribution is 0.0644. The van der Waals surface area contributed by atoms with E-state index in [0.29, 0.717) is 42.9 Å². The van der Waals surface area contributed by atoms with Crippen molar-refractivity contribution < 1.29 is 14.2 Å². The van der Waals surface area contributed by atoms with Gasteiger partial charge in [0, 0.05) is 25.8 Å². The first-order chi connectivity index (χ1) is 8.24. The summed E-state index contributed by atoms with van der Waals surface area (Å²) < 4.78 is 15.7. The maximum absolute atomic E-state index is 5.96. The van der Waals surface area contributed by atoms with Crippen molar-refractivity contribution in [2.24, 2.45) is 0 Å². The Kier molecular flexibility index (Phi) is 6.77. The molecule has 0 aromatic heterocycles. The zero-order valence-corrected chi connectivity index (χ0v) is 10.7. The molecule has 0 atom stereocenters. The van der Waals surface area contributed by atoms with Crippen molar-refractivity contribution in [3.05, 3.63) is 23.2 Å². The Hall–Kier alpha value is -0.970. The van der Waals surface area contributed by atoms with E-state index in [1.54, 1.807) is 25.3 Å². The van der Waals surface area contributed by atoms with Crippen molar-refractivity contribution in [3.63, 3.8) is 0 Å². The highest BCUT2D eigenvalue weighted by Gasteiger charge is 2.01. The van der Waals surface area contributed by atoms with Crippen LogP contribution in [0.15, 0.2) is 18.2 Å². The zero-order valence-electron chi connectivity index (χ0n) is 9.95. The summed E-state index contributed by atoms with van der Waals surface area (Å²) in [4.78, 5) is 0. The van der Waals surface area contributed by atoms with Gasteiger partial charge in [-0.2, -0.15) is 0 Å². The van der Waals surface area contributed by atoms with Crippen LogP contribution in [0, 0.1) is 0 Å². The third kappa shape index (κ3) is 5.77. The lowest BCUT2D eigenvalue weighted by Crippen LogP contribution is -2.07. The van der Waals surface area contributed by atoms with E-state index in [4.69, 9.17) is 31.5 Å². The minimum absolute atomic E-state index is 0.533. The van der Waals surface area contributed by atoms with Gasteiger partial charge in [-0.3, -0.25) is 0 Å². The Morgan fingerprint density at radius 1 is 1.18 bits per heavy atom. The monoisotopic (exact) mass is 259 g/mol. The van der Waals surface area contributed by atoms with E-state index in [1.165, 1.54) is 0 Å². The van der Waals surface area contributed by atoms with Crippen molar-refractivity contribution in [2.45, 2.75) is 6.42 Å². The molecule has 0 heterocycles. The molecule has 0 amide bonds. The number of methoxy groups -OCH3 is 1. The van der Waals surface area contributed by atoms with E-state index in [-0.39, 0.29) is 0 Å². The molecule has 1 rings (SSSR count). The highest BCUT2D eigenvalue weighted by molar-refractivity contribution is 6.32. The van der Waals surface area contributed by atoms with Crippen molar-refractivity contribution in [3.8, 4) is 5.75 Å². The van der Waals surface area contributed by atoms with Crippen molar-refractivity contribution in [2.75, 3.05) is 39.3 Å². The van der Waals surface area contributed by atoms with Gasteiger partial charge in [-0.15, -0.1) is 0 Å². The van der Waals surface area contributed by atoms with Gasteiger partial charge in [0.05, 0.1) is 24.8 Å². The molecule has 2 N–H and O–H groups in total. The van der Waals surface area contributed by atoms with Gasteiger partial charge >= 0.3 is 0 Å². The Morgan fingerprint density at radius 3 is 2.71 bits per heavy atom. The van der Waals surface area contributed by atoms with Crippen LogP contribution in [0.5, 0.6) is 5.75 Å². The van der Waals surface area contributed by atoms with Crippen molar-refractivity contribution in [1.82, 2.24) is 0 Å². The van der Waals surface area contributed by atoms with Gasteiger partial charge in [0.1, 0.15) is 5.75 Å². The summed E-state index contributed by atoms with van der Waals surface area (Å²) in [5.41, 5.74) is 6.21. The molecule has 0 aliphatic carbocycles. The number of benzene rings is 1. The Balaban J connectivity index is 2.14. The zero-order chi connectivity index (χ0) is 12.5. The predicted octanol–water partition coefficient (Wildman–Crippen LogP) is 2.35. The summed E-state index contributed by atoms with van der Waals surface area (Å²) in [6, 6.07) is 5.20.